The first-order valence-electron chi connectivity index (χ1n) is 5.77. The van der Waals surface area contributed by atoms with Gasteiger partial charge in [0.15, 0.2) is 0 Å². The highest BCUT2D eigenvalue weighted by atomic mass is 16.2. The highest BCUT2D eigenvalue weighted by Crippen LogP contribution is 2.11. The summed E-state index contributed by atoms with van der Waals surface area (Å²) in [6, 6.07) is 1.96. The lowest BCUT2D eigenvalue weighted by molar-refractivity contribution is -0.127. The van der Waals surface area contributed by atoms with Crippen LogP contribution in [0.5, 0.6) is 0 Å². The molecule has 0 aromatic carbocycles. The van der Waals surface area contributed by atoms with Crippen molar-refractivity contribution in [1.82, 2.24) is 19.6 Å². The van der Waals surface area contributed by atoms with Crippen molar-refractivity contribution in [3.8, 4) is 0 Å². The van der Waals surface area contributed by atoms with Crippen molar-refractivity contribution in [2.45, 2.75) is 13.1 Å². The van der Waals surface area contributed by atoms with E-state index in [9.17, 15) is 4.79 Å². The summed E-state index contributed by atoms with van der Waals surface area (Å²) in [6.07, 6.45) is 5.34. The molecule has 0 N–H and O–H groups in total. The summed E-state index contributed by atoms with van der Waals surface area (Å²) in [4.78, 5) is 15.8. The van der Waals surface area contributed by atoms with Gasteiger partial charge in [-0.15, -0.1) is 0 Å². The van der Waals surface area contributed by atoms with E-state index in [1.54, 1.807) is 12.3 Å². The molecule has 0 atom stereocenters. The predicted molar refractivity (Wildman–Crippen MR) is 65.3 cm³/mol. The molecule has 2 heterocycles. The van der Waals surface area contributed by atoms with E-state index in [2.05, 4.69) is 5.10 Å². The second-order valence-corrected chi connectivity index (χ2v) is 4.47. The number of aromatic nitrogens is 2. The molecule has 17 heavy (non-hydrogen) atoms. The molecule has 0 spiro atoms. The summed E-state index contributed by atoms with van der Waals surface area (Å²) in [5.74, 6) is 0.0827. The van der Waals surface area contributed by atoms with Gasteiger partial charge in [0.1, 0.15) is 0 Å². The van der Waals surface area contributed by atoms with Crippen LogP contribution in [0.25, 0.3) is 0 Å². The van der Waals surface area contributed by atoms with E-state index < -0.39 is 0 Å². The molecule has 0 fully saturated rings. The molecule has 1 aromatic heterocycles. The van der Waals surface area contributed by atoms with Gasteiger partial charge >= 0.3 is 0 Å². The van der Waals surface area contributed by atoms with Crippen LogP contribution in [0, 0.1) is 0 Å². The largest absolute Gasteiger partial charge is 0.331 e. The van der Waals surface area contributed by atoms with Gasteiger partial charge in [-0.05, 0) is 20.2 Å². The molecule has 5 heteroatoms. The Hall–Kier alpha value is -1.62. The minimum absolute atomic E-state index is 0.0827. The smallest absolute Gasteiger partial charge is 0.246 e. The Morgan fingerprint density at radius 1 is 1.53 bits per heavy atom. The van der Waals surface area contributed by atoms with E-state index in [4.69, 9.17) is 0 Å². The monoisotopic (exact) mass is 234 g/mol. The zero-order valence-electron chi connectivity index (χ0n) is 10.3. The number of carbonyl (C=O) groups excluding carboxylic acids is 1. The standard InChI is InChI=1S/C12H18N4O/c1-14(2)7-3-4-12(17)15-8-9-16-11(10-15)5-6-13-16/h3-6H,7-10H2,1-2H3/b4-3+. The van der Waals surface area contributed by atoms with Crippen molar-refractivity contribution in [3.63, 3.8) is 0 Å². The minimum Gasteiger partial charge on any atom is -0.331 e. The van der Waals surface area contributed by atoms with Crippen LogP contribution in [-0.4, -0.2) is 52.7 Å². The zero-order valence-corrected chi connectivity index (χ0v) is 10.3. The lowest BCUT2D eigenvalue weighted by atomic mass is 10.3. The normalized spacial score (nSPS) is 15.6. The van der Waals surface area contributed by atoms with E-state index in [-0.39, 0.29) is 5.91 Å². The van der Waals surface area contributed by atoms with Crippen LogP contribution in [0.2, 0.25) is 0 Å². The summed E-state index contributed by atoms with van der Waals surface area (Å²) in [5, 5.41) is 4.19. The Morgan fingerprint density at radius 3 is 3.12 bits per heavy atom. The fourth-order valence-electron chi connectivity index (χ4n) is 1.84. The molecule has 1 aromatic rings. The molecule has 1 aliphatic heterocycles. The highest BCUT2D eigenvalue weighted by Gasteiger charge is 2.18. The Labute approximate surface area is 101 Å². The second kappa shape index (κ2) is 5.14. The van der Waals surface area contributed by atoms with Crippen molar-refractivity contribution in [1.29, 1.82) is 0 Å². The van der Waals surface area contributed by atoms with Crippen molar-refractivity contribution in [2.24, 2.45) is 0 Å². The SMILES string of the molecule is CN(C)C/C=C/C(=O)N1CCn2nccc2C1. The van der Waals surface area contributed by atoms with Crippen molar-refractivity contribution < 1.29 is 4.79 Å². The molecule has 0 saturated heterocycles. The maximum Gasteiger partial charge on any atom is 0.246 e. The van der Waals surface area contributed by atoms with Crippen LogP contribution >= 0.6 is 0 Å². The lowest BCUT2D eigenvalue weighted by Gasteiger charge is -2.26. The molecular weight excluding hydrogens is 216 g/mol. The van der Waals surface area contributed by atoms with E-state index in [0.29, 0.717) is 6.54 Å². The van der Waals surface area contributed by atoms with Gasteiger partial charge in [0, 0.05) is 25.4 Å². The van der Waals surface area contributed by atoms with Gasteiger partial charge in [0.05, 0.1) is 18.8 Å². The van der Waals surface area contributed by atoms with E-state index >= 15 is 0 Å². The van der Waals surface area contributed by atoms with Gasteiger partial charge in [-0.3, -0.25) is 9.48 Å². The number of carbonyl (C=O) groups is 1. The molecule has 2 rings (SSSR count). The van der Waals surface area contributed by atoms with Crippen LogP contribution in [-0.2, 0) is 17.9 Å². The second-order valence-electron chi connectivity index (χ2n) is 4.47. The van der Waals surface area contributed by atoms with Gasteiger partial charge in [-0.25, -0.2) is 0 Å². The number of rotatable bonds is 3. The maximum atomic E-state index is 11.9. The molecule has 5 nitrogen and oxygen atoms in total. The van der Waals surface area contributed by atoms with Crippen LogP contribution < -0.4 is 0 Å². The summed E-state index contributed by atoms with van der Waals surface area (Å²) in [5.41, 5.74) is 1.10. The van der Waals surface area contributed by atoms with Gasteiger partial charge in [-0.1, -0.05) is 6.08 Å². The Bertz CT molecular complexity index is 422. The number of nitrogens with zero attached hydrogens (tertiary/aromatic N) is 4. The molecule has 0 radical (unpaired) electrons. The molecule has 1 aliphatic rings. The van der Waals surface area contributed by atoms with E-state index in [0.717, 1.165) is 25.3 Å². The molecular formula is C12H18N4O. The minimum atomic E-state index is 0.0827. The summed E-state index contributed by atoms with van der Waals surface area (Å²) in [7, 11) is 3.96. The Kier molecular flexibility index (Phi) is 3.58. The van der Waals surface area contributed by atoms with Gasteiger partial charge < -0.3 is 9.80 Å². The van der Waals surface area contributed by atoms with Gasteiger partial charge in [-0.2, -0.15) is 5.10 Å². The van der Waals surface area contributed by atoms with Crippen molar-refractivity contribution in [3.05, 3.63) is 30.1 Å². The number of hydrogen-bond acceptors (Lipinski definition) is 3. The molecule has 1 amide bonds. The van der Waals surface area contributed by atoms with Gasteiger partial charge in [0.2, 0.25) is 5.91 Å². The third-order valence-electron chi connectivity index (χ3n) is 2.78. The third-order valence-corrected chi connectivity index (χ3v) is 2.78. The Balaban J connectivity index is 1.92. The van der Waals surface area contributed by atoms with Gasteiger partial charge in [0.25, 0.3) is 0 Å². The first kappa shape index (κ1) is 11.9. The predicted octanol–water partition coefficient (Wildman–Crippen LogP) is 0.343. The fraction of sp³-hybridized carbons (Fsp3) is 0.500. The van der Waals surface area contributed by atoms with Crippen LogP contribution in [0.3, 0.4) is 0 Å². The molecule has 0 bridgehead atoms. The molecule has 92 valence electrons. The average Bonchev–Trinajstić information content (AvgIpc) is 2.75. The summed E-state index contributed by atoms with van der Waals surface area (Å²) >= 11 is 0. The van der Waals surface area contributed by atoms with Crippen LogP contribution in [0.15, 0.2) is 24.4 Å². The average molecular weight is 234 g/mol. The first-order chi connectivity index (χ1) is 8.16. The maximum absolute atomic E-state index is 11.9. The van der Waals surface area contributed by atoms with Crippen LogP contribution in [0.1, 0.15) is 5.69 Å². The van der Waals surface area contributed by atoms with Crippen molar-refractivity contribution >= 4 is 5.91 Å². The first-order valence-corrected chi connectivity index (χ1v) is 5.77. The number of fused-ring (bicyclic) bond motifs is 1. The lowest BCUT2D eigenvalue weighted by Crippen LogP contribution is -2.37. The zero-order chi connectivity index (χ0) is 12.3. The number of hydrogen-bond donors (Lipinski definition) is 0. The quantitative estimate of drug-likeness (QED) is 0.708. The van der Waals surface area contributed by atoms with Crippen molar-refractivity contribution in [2.75, 3.05) is 27.2 Å². The topological polar surface area (TPSA) is 41.4 Å². The highest BCUT2D eigenvalue weighted by molar-refractivity contribution is 5.87. The molecule has 0 aliphatic carbocycles. The Morgan fingerprint density at radius 2 is 2.35 bits per heavy atom. The summed E-state index contributed by atoms with van der Waals surface area (Å²) in [6.45, 7) is 2.97. The number of amides is 1. The summed E-state index contributed by atoms with van der Waals surface area (Å²) < 4.78 is 1.95. The molecule has 0 unspecified atom stereocenters. The van der Waals surface area contributed by atoms with E-state index in [1.807, 2.05) is 40.7 Å². The van der Waals surface area contributed by atoms with E-state index in [1.165, 1.54) is 0 Å². The molecule has 0 saturated carbocycles. The number of likely N-dealkylation sites (N-methyl/N-ethyl adjacent to an activating group) is 1. The fourth-order valence-corrected chi connectivity index (χ4v) is 1.84. The van der Waals surface area contributed by atoms with Crippen LogP contribution in [0.4, 0.5) is 0 Å². The third kappa shape index (κ3) is 2.94.